The number of hydrogen-bond acceptors (Lipinski definition) is 5. The maximum Gasteiger partial charge on any atom is 0.410 e. The fraction of sp³-hybridized carbons (Fsp3) is 0.250. The van der Waals surface area contributed by atoms with E-state index in [1.807, 2.05) is 30.3 Å². The van der Waals surface area contributed by atoms with E-state index >= 15 is 0 Å². The number of rotatable bonds is 2. The molecular formula is C16H14ClN3O2S. The summed E-state index contributed by atoms with van der Waals surface area (Å²) in [6, 6.07) is 9.67. The molecule has 23 heavy (non-hydrogen) atoms. The van der Waals surface area contributed by atoms with Gasteiger partial charge in [-0.05, 0) is 11.1 Å². The summed E-state index contributed by atoms with van der Waals surface area (Å²) in [5.41, 5.74) is 3.07. The minimum absolute atomic E-state index is 0.0243. The van der Waals surface area contributed by atoms with E-state index in [1.54, 1.807) is 23.0 Å². The molecule has 1 aromatic carbocycles. The van der Waals surface area contributed by atoms with Crippen LogP contribution in [0.4, 0.5) is 4.79 Å². The molecule has 3 heterocycles. The van der Waals surface area contributed by atoms with Gasteiger partial charge in [-0.1, -0.05) is 53.7 Å². The Balaban J connectivity index is 1.40. The zero-order valence-electron chi connectivity index (χ0n) is 12.2. The fourth-order valence-corrected chi connectivity index (χ4v) is 4.46. The molecule has 0 aliphatic carbocycles. The fourth-order valence-electron chi connectivity index (χ4n) is 2.82. The molecular weight excluding hydrogens is 334 g/mol. The lowest BCUT2D eigenvalue weighted by atomic mass is 10.1. The monoisotopic (exact) mass is 347 g/mol. The van der Waals surface area contributed by atoms with E-state index in [2.05, 4.69) is 10.3 Å². The molecule has 0 fully saturated rings. The third-order valence-corrected chi connectivity index (χ3v) is 5.50. The molecule has 0 aromatic heterocycles. The Hall–Kier alpha value is -1.92. The Labute approximate surface area is 143 Å². The minimum atomic E-state index is -0.301. The lowest BCUT2D eigenvalue weighted by Gasteiger charge is -2.22. The van der Waals surface area contributed by atoms with Gasteiger partial charge in [0.15, 0.2) is 0 Å². The largest absolute Gasteiger partial charge is 0.445 e. The van der Waals surface area contributed by atoms with Gasteiger partial charge >= 0.3 is 6.09 Å². The van der Waals surface area contributed by atoms with Crippen LogP contribution in [0.1, 0.15) is 5.56 Å². The summed E-state index contributed by atoms with van der Waals surface area (Å²) in [5.74, 6) is 0. The van der Waals surface area contributed by atoms with Gasteiger partial charge in [0.05, 0.1) is 19.4 Å². The van der Waals surface area contributed by atoms with Gasteiger partial charge in [-0.25, -0.2) is 4.79 Å². The van der Waals surface area contributed by atoms with Crippen molar-refractivity contribution in [3.8, 4) is 0 Å². The Bertz CT molecular complexity index is 745. The summed E-state index contributed by atoms with van der Waals surface area (Å²) in [6.45, 7) is 1.37. The van der Waals surface area contributed by atoms with Crippen molar-refractivity contribution in [2.45, 2.75) is 12.0 Å². The SMILES string of the molecule is O=C(OCc1ccccc1)N1CC2=C(C1)C1=C(Cl)NC=NC1S2. The summed E-state index contributed by atoms with van der Waals surface area (Å²) in [7, 11) is 0. The van der Waals surface area contributed by atoms with Gasteiger partial charge in [0, 0.05) is 10.5 Å². The average molecular weight is 348 g/mol. The molecule has 0 bridgehead atoms. The van der Waals surface area contributed by atoms with E-state index in [-0.39, 0.29) is 18.1 Å². The van der Waals surface area contributed by atoms with Crippen LogP contribution in [0.2, 0.25) is 0 Å². The number of carbonyl (C=O) groups is 1. The molecule has 1 N–H and O–H groups in total. The number of thioether (sulfide) groups is 1. The van der Waals surface area contributed by atoms with Crippen LogP contribution >= 0.6 is 23.4 Å². The molecule has 7 heteroatoms. The number of carbonyl (C=O) groups excluding carboxylic acids is 1. The number of nitrogens with zero attached hydrogens (tertiary/aromatic N) is 2. The predicted octanol–water partition coefficient (Wildman–Crippen LogP) is 3.05. The van der Waals surface area contributed by atoms with Crippen LogP contribution in [0.25, 0.3) is 0 Å². The first-order chi connectivity index (χ1) is 11.2. The van der Waals surface area contributed by atoms with Gasteiger partial charge in [0.1, 0.15) is 17.1 Å². The summed E-state index contributed by atoms with van der Waals surface area (Å²) >= 11 is 7.90. The maximum absolute atomic E-state index is 12.3. The molecule has 0 saturated heterocycles. The Kier molecular flexibility index (Phi) is 3.79. The first kappa shape index (κ1) is 14.7. The van der Waals surface area contributed by atoms with Gasteiger partial charge < -0.3 is 10.1 Å². The maximum atomic E-state index is 12.3. The highest BCUT2D eigenvalue weighted by Crippen LogP contribution is 2.48. The van der Waals surface area contributed by atoms with Gasteiger partial charge in [0.25, 0.3) is 0 Å². The standard InChI is InChI=1S/C16H14ClN3O2S/c17-14-13-11-6-20(7-12(11)23-15(13)19-9-18-14)16(21)22-8-10-4-2-1-3-5-10/h1-5,9,15H,6-8H2,(H,18,19). The third kappa shape index (κ3) is 2.72. The van der Waals surface area contributed by atoms with Crippen molar-refractivity contribution < 1.29 is 9.53 Å². The second-order valence-corrected chi connectivity index (χ2v) is 6.97. The highest BCUT2D eigenvalue weighted by Gasteiger charge is 2.40. The van der Waals surface area contributed by atoms with Crippen molar-refractivity contribution >= 4 is 35.8 Å². The highest BCUT2D eigenvalue weighted by molar-refractivity contribution is 8.04. The third-order valence-electron chi connectivity index (χ3n) is 3.95. The zero-order valence-corrected chi connectivity index (χ0v) is 13.7. The first-order valence-electron chi connectivity index (χ1n) is 7.25. The number of fused-ring (bicyclic) bond motifs is 2. The highest BCUT2D eigenvalue weighted by atomic mass is 35.5. The second-order valence-electron chi connectivity index (χ2n) is 5.42. The van der Waals surface area contributed by atoms with Crippen molar-refractivity contribution in [3.63, 3.8) is 0 Å². The molecule has 4 rings (SSSR count). The molecule has 1 aromatic rings. The van der Waals surface area contributed by atoms with Crippen molar-refractivity contribution in [3.05, 3.63) is 57.1 Å². The topological polar surface area (TPSA) is 53.9 Å². The number of halogens is 1. The normalized spacial score (nSPS) is 22.1. The van der Waals surface area contributed by atoms with E-state index in [0.717, 1.165) is 21.6 Å². The van der Waals surface area contributed by atoms with Crippen LogP contribution in [0.15, 0.2) is 56.5 Å². The second kappa shape index (κ2) is 5.94. The van der Waals surface area contributed by atoms with E-state index in [1.165, 1.54) is 0 Å². The van der Waals surface area contributed by atoms with Crippen molar-refractivity contribution in [2.24, 2.45) is 4.99 Å². The molecule has 0 radical (unpaired) electrons. The number of amides is 1. The lowest BCUT2D eigenvalue weighted by Crippen LogP contribution is -2.32. The van der Waals surface area contributed by atoms with E-state index in [4.69, 9.17) is 16.3 Å². The predicted molar refractivity (Wildman–Crippen MR) is 91.1 cm³/mol. The number of benzene rings is 1. The molecule has 5 nitrogen and oxygen atoms in total. The van der Waals surface area contributed by atoms with Crippen LogP contribution in [0.3, 0.4) is 0 Å². The van der Waals surface area contributed by atoms with Crippen molar-refractivity contribution in [1.82, 2.24) is 10.2 Å². The molecule has 118 valence electrons. The molecule has 1 atom stereocenters. The van der Waals surface area contributed by atoms with E-state index < -0.39 is 0 Å². The Morgan fingerprint density at radius 3 is 3.04 bits per heavy atom. The first-order valence-corrected chi connectivity index (χ1v) is 8.50. The average Bonchev–Trinajstić information content (AvgIpc) is 3.11. The summed E-state index contributed by atoms with van der Waals surface area (Å²) < 4.78 is 5.40. The summed E-state index contributed by atoms with van der Waals surface area (Å²) in [4.78, 5) is 19.5. The Morgan fingerprint density at radius 1 is 1.39 bits per heavy atom. The van der Waals surface area contributed by atoms with Gasteiger partial charge in [-0.15, -0.1) is 0 Å². The van der Waals surface area contributed by atoms with E-state index in [9.17, 15) is 4.79 Å². The van der Waals surface area contributed by atoms with Gasteiger partial charge in [-0.2, -0.15) is 0 Å². The van der Waals surface area contributed by atoms with Gasteiger partial charge in [0.2, 0.25) is 0 Å². The number of hydrogen-bond donors (Lipinski definition) is 1. The molecule has 3 aliphatic heterocycles. The van der Waals surface area contributed by atoms with Crippen molar-refractivity contribution in [2.75, 3.05) is 13.1 Å². The van der Waals surface area contributed by atoms with E-state index in [0.29, 0.717) is 18.2 Å². The van der Waals surface area contributed by atoms with Crippen molar-refractivity contribution in [1.29, 1.82) is 0 Å². The number of ether oxygens (including phenoxy) is 1. The molecule has 0 saturated carbocycles. The van der Waals surface area contributed by atoms with Crippen LogP contribution in [0.5, 0.6) is 0 Å². The number of nitrogens with one attached hydrogen (secondary N) is 1. The van der Waals surface area contributed by atoms with Crippen LogP contribution in [-0.2, 0) is 11.3 Å². The quantitative estimate of drug-likeness (QED) is 0.835. The molecule has 1 unspecified atom stereocenters. The lowest BCUT2D eigenvalue weighted by molar-refractivity contribution is 0.105. The van der Waals surface area contributed by atoms with Crippen LogP contribution in [-0.4, -0.2) is 35.8 Å². The number of aliphatic imine (C=N–C) groups is 1. The van der Waals surface area contributed by atoms with Crippen LogP contribution < -0.4 is 5.32 Å². The smallest absolute Gasteiger partial charge is 0.410 e. The Morgan fingerprint density at radius 2 is 2.22 bits per heavy atom. The molecule has 3 aliphatic rings. The molecule has 1 amide bonds. The molecule has 0 spiro atoms. The van der Waals surface area contributed by atoms with Crippen LogP contribution in [0, 0.1) is 0 Å². The minimum Gasteiger partial charge on any atom is -0.445 e. The summed E-state index contributed by atoms with van der Waals surface area (Å²) in [6.07, 6.45) is 1.32. The van der Waals surface area contributed by atoms with Gasteiger partial charge in [-0.3, -0.25) is 9.89 Å². The zero-order chi connectivity index (χ0) is 15.8. The summed E-state index contributed by atoms with van der Waals surface area (Å²) in [5, 5.41) is 3.55.